The molecule has 3 N–H and O–H groups in total. The summed E-state index contributed by atoms with van der Waals surface area (Å²) in [5.41, 5.74) is 0.309. The van der Waals surface area contributed by atoms with Crippen LogP contribution in [0.2, 0.25) is 5.02 Å². The van der Waals surface area contributed by atoms with Gasteiger partial charge in [-0.25, -0.2) is 0 Å². The lowest BCUT2D eigenvalue weighted by molar-refractivity contribution is 0.280. The van der Waals surface area contributed by atoms with Crippen LogP contribution in [-0.2, 0) is 6.61 Å². The van der Waals surface area contributed by atoms with E-state index in [1.54, 1.807) is 0 Å². The Morgan fingerprint density at radius 3 is 2.45 bits per heavy atom. The van der Waals surface area contributed by atoms with Crippen molar-refractivity contribution in [2.45, 2.75) is 6.61 Å². The molecule has 0 aliphatic carbocycles. The molecule has 3 nitrogen and oxygen atoms in total. The molecule has 60 valence electrons. The maximum absolute atomic E-state index is 9.01. The van der Waals surface area contributed by atoms with Crippen molar-refractivity contribution in [3.8, 4) is 11.5 Å². The molecule has 0 saturated heterocycles. The van der Waals surface area contributed by atoms with Crippen LogP contribution in [0.15, 0.2) is 12.1 Å². The van der Waals surface area contributed by atoms with Crippen LogP contribution in [0, 0.1) is 0 Å². The van der Waals surface area contributed by atoms with Gasteiger partial charge < -0.3 is 15.3 Å². The molecule has 1 rings (SSSR count). The maximum atomic E-state index is 9.01. The lowest BCUT2D eigenvalue weighted by atomic mass is 10.2. The van der Waals surface area contributed by atoms with Crippen molar-refractivity contribution in [1.29, 1.82) is 0 Å². The molecule has 0 spiro atoms. The minimum absolute atomic E-state index is 0.0744. The fourth-order valence-corrected chi connectivity index (χ4v) is 0.935. The lowest BCUT2D eigenvalue weighted by Gasteiger charge is -2.02. The molecule has 0 atom stereocenters. The number of aliphatic hydroxyl groups is 1. The predicted molar refractivity (Wildman–Crippen MR) is 40.7 cm³/mol. The molecule has 11 heavy (non-hydrogen) atoms. The second kappa shape index (κ2) is 2.98. The molecular weight excluding hydrogens is 168 g/mol. The van der Waals surface area contributed by atoms with Gasteiger partial charge >= 0.3 is 0 Å². The molecule has 0 heterocycles. The summed E-state index contributed by atoms with van der Waals surface area (Å²) in [5.74, 6) is -0.341. The molecule has 0 bridgehead atoms. The van der Waals surface area contributed by atoms with Gasteiger partial charge in [0.15, 0.2) is 0 Å². The van der Waals surface area contributed by atoms with Crippen molar-refractivity contribution >= 4 is 11.6 Å². The number of hydrogen-bond donors (Lipinski definition) is 3. The van der Waals surface area contributed by atoms with Gasteiger partial charge in [-0.05, 0) is 6.07 Å². The summed E-state index contributed by atoms with van der Waals surface area (Å²) in [6.45, 7) is -0.305. The van der Waals surface area contributed by atoms with Gasteiger partial charge in [-0.3, -0.25) is 0 Å². The minimum Gasteiger partial charge on any atom is -0.508 e. The molecule has 1 aromatic rings. The van der Waals surface area contributed by atoms with Crippen LogP contribution < -0.4 is 0 Å². The van der Waals surface area contributed by atoms with Crippen molar-refractivity contribution in [3.63, 3.8) is 0 Å². The van der Waals surface area contributed by atoms with Crippen LogP contribution in [0.4, 0.5) is 0 Å². The molecular formula is C7H7ClO3. The van der Waals surface area contributed by atoms with Gasteiger partial charge in [0.2, 0.25) is 0 Å². The maximum Gasteiger partial charge on any atom is 0.138 e. The van der Waals surface area contributed by atoms with Crippen LogP contribution in [0.25, 0.3) is 0 Å². The summed E-state index contributed by atoms with van der Waals surface area (Å²) in [5, 5.41) is 26.7. The van der Waals surface area contributed by atoms with E-state index in [2.05, 4.69) is 0 Å². The molecule has 0 radical (unpaired) electrons. The van der Waals surface area contributed by atoms with Crippen LogP contribution in [0.5, 0.6) is 11.5 Å². The van der Waals surface area contributed by atoms with E-state index in [0.717, 1.165) is 6.07 Å². The molecule has 0 unspecified atom stereocenters. The monoisotopic (exact) mass is 174 g/mol. The Balaban J connectivity index is 3.24. The first-order chi connectivity index (χ1) is 5.15. The van der Waals surface area contributed by atoms with Crippen LogP contribution in [-0.4, -0.2) is 15.3 Å². The number of hydrogen-bond acceptors (Lipinski definition) is 3. The van der Waals surface area contributed by atoms with Crippen molar-refractivity contribution < 1.29 is 15.3 Å². The number of phenols is 2. The highest BCUT2D eigenvalue weighted by atomic mass is 35.5. The van der Waals surface area contributed by atoms with Crippen molar-refractivity contribution in [3.05, 3.63) is 22.7 Å². The largest absolute Gasteiger partial charge is 0.508 e. The lowest BCUT2D eigenvalue weighted by Crippen LogP contribution is -1.84. The normalized spacial score (nSPS) is 10.0. The summed E-state index contributed by atoms with van der Waals surface area (Å²) < 4.78 is 0. The van der Waals surface area contributed by atoms with Gasteiger partial charge in [0.1, 0.15) is 11.5 Å². The minimum atomic E-state index is -0.305. The number of rotatable bonds is 1. The highest BCUT2D eigenvalue weighted by molar-refractivity contribution is 6.32. The number of aromatic hydroxyl groups is 2. The zero-order chi connectivity index (χ0) is 8.43. The van der Waals surface area contributed by atoms with Crippen LogP contribution >= 0.6 is 11.6 Å². The summed E-state index contributed by atoms with van der Waals surface area (Å²) >= 11 is 5.54. The standard InChI is InChI=1S/C7H7ClO3/c8-7-4(3-9)1-5(10)2-6(7)11/h1-2,9-11H,3H2. The Kier molecular flexibility index (Phi) is 2.22. The van der Waals surface area contributed by atoms with Crippen molar-refractivity contribution in [2.75, 3.05) is 0 Å². The third kappa shape index (κ3) is 1.56. The van der Waals surface area contributed by atoms with Gasteiger partial charge in [0, 0.05) is 11.6 Å². The third-order valence-corrected chi connectivity index (χ3v) is 1.72. The van der Waals surface area contributed by atoms with Crippen molar-refractivity contribution in [2.24, 2.45) is 0 Å². The molecule has 0 amide bonds. The first-order valence-electron chi connectivity index (χ1n) is 2.96. The Labute approximate surface area is 68.5 Å². The molecule has 4 heteroatoms. The Bertz CT molecular complexity index is 273. The second-order valence-electron chi connectivity index (χ2n) is 2.10. The summed E-state index contributed by atoms with van der Waals surface area (Å²) in [4.78, 5) is 0. The number of phenolic OH excluding ortho intramolecular Hbond substituents is 2. The molecule has 0 aliphatic rings. The van der Waals surface area contributed by atoms with Gasteiger partial charge in [-0.2, -0.15) is 0 Å². The Morgan fingerprint density at radius 1 is 1.27 bits per heavy atom. The number of halogens is 1. The van der Waals surface area contributed by atoms with E-state index in [1.165, 1.54) is 6.07 Å². The van der Waals surface area contributed by atoms with E-state index in [4.69, 9.17) is 26.9 Å². The van der Waals surface area contributed by atoms with E-state index in [0.29, 0.717) is 5.56 Å². The average molecular weight is 175 g/mol. The van der Waals surface area contributed by atoms with Crippen molar-refractivity contribution in [1.82, 2.24) is 0 Å². The topological polar surface area (TPSA) is 60.7 Å². The molecule has 0 saturated carbocycles. The van der Waals surface area contributed by atoms with E-state index in [9.17, 15) is 0 Å². The van der Waals surface area contributed by atoms with Crippen LogP contribution in [0.3, 0.4) is 0 Å². The van der Waals surface area contributed by atoms with Gasteiger partial charge in [-0.15, -0.1) is 0 Å². The fraction of sp³-hybridized carbons (Fsp3) is 0.143. The second-order valence-corrected chi connectivity index (χ2v) is 2.47. The first kappa shape index (κ1) is 8.17. The quantitative estimate of drug-likeness (QED) is 0.601. The fourth-order valence-electron chi connectivity index (χ4n) is 0.767. The Morgan fingerprint density at radius 2 is 1.91 bits per heavy atom. The summed E-state index contributed by atoms with van der Waals surface area (Å²) in [6, 6.07) is 2.41. The van der Waals surface area contributed by atoms with E-state index < -0.39 is 0 Å². The zero-order valence-electron chi connectivity index (χ0n) is 5.58. The molecule has 0 aromatic heterocycles. The van der Waals surface area contributed by atoms with Gasteiger partial charge in [0.25, 0.3) is 0 Å². The zero-order valence-corrected chi connectivity index (χ0v) is 6.34. The highest BCUT2D eigenvalue weighted by Gasteiger charge is 2.05. The molecule has 1 aromatic carbocycles. The first-order valence-corrected chi connectivity index (χ1v) is 3.34. The Hall–Kier alpha value is -0.930. The smallest absolute Gasteiger partial charge is 0.138 e. The molecule has 0 fully saturated rings. The number of benzene rings is 1. The van der Waals surface area contributed by atoms with E-state index in [1.807, 2.05) is 0 Å². The summed E-state index contributed by atoms with van der Waals surface area (Å²) in [6.07, 6.45) is 0. The van der Waals surface area contributed by atoms with Gasteiger partial charge in [0.05, 0.1) is 11.6 Å². The van der Waals surface area contributed by atoms with E-state index >= 15 is 0 Å². The van der Waals surface area contributed by atoms with Gasteiger partial charge in [-0.1, -0.05) is 11.6 Å². The average Bonchev–Trinajstić information content (AvgIpc) is 1.96. The summed E-state index contributed by atoms with van der Waals surface area (Å²) in [7, 11) is 0. The van der Waals surface area contributed by atoms with E-state index in [-0.39, 0.29) is 23.1 Å². The number of aliphatic hydroxyl groups excluding tert-OH is 1. The third-order valence-electron chi connectivity index (χ3n) is 1.28. The van der Waals surface area contributed by atoms with Crippen LogP contribution in [0.1, 0.15) is 5.56 Å². The highest BCUT2D eigenvalue weighted by Crippen LogP contribution is 2.31. The molecule has 0 aliphatic heterocycles. The SMILES string of the molecule is OCc1cc(O)cc(O)c1Cl. The predicted octanol–water partition coefficient (Wildman–Crippen LogP) is 1.24.